The van der Waals surface area contributed by atoms with Crippen LogP contribution in [0, 0.1) is 13.8 Å². The Balaban J connectivity index is 1.50. The standard InChI is InChI=1S/C29H33N3O5S/c1-21-6-13-25(14-7-21)38(35,36)32(26-17-22(2)8-15-27(26)37-3)20-28(33)30-18-23-9-11-24(12-10-23)19-31-16-4-5-29(31)34/h6-15,17H,4-5,16,18-20H2,1-3H3,(H,30,33). The van der Waals surface area contributed by atoms with Crippen molar-refractivity contribution in [1.29, 1.82) is 0 Å². The molecule has 3 aromatic rings. The second-order valence-corrected chi connectivity index (χ2v) is 11.4. The largest absolute Gasteiger partial charge is 0.495 e. The van der Waals surface area contributed by atoms with Crippen molar-refractivity contribution in [2.24, 2.45) is 0 Å². The lowest BCUT2D eigenvalue weighted by Gasteiger charge is -2.26. The van der Waals surface area contributed by atoms with Crippen LogP contribution in [0.2, 0.25) is 0 Å². The average Bonchev–Trinajstić information content (AvgIpc) is 3.31. The molecular weight excluding hydrogens is 502 g/mol. The summed E-state index contributed by atoms with van der Waals surface area (Å²) in [5.74, 6) is 0.0823. The molecule has 2 amide bonds. The van der Waals surface area contributed by atoms with Crippen LogP contribution in [-0.4, -0.2) is 45.3 Å². The molecular formula is C29H33N3O5S. The minimum absolute atomic E-state index is 0.0894. The summed E-state index contributed by atoms with van der Waals surface area (Å²) in [6, 6.07) is 19.4. The minimum Gasteiger partial charge on any atom is -0.495 e. The van der Waals surface area contributed by atoms with Crippen LogP contribution in [0.5, 0.6) is 5.75 Å². The molecule has 0 atom stereocenters. The fraction of sp³-hybridized carbons (Fsp3) is 0.310. The molecule has 0 bridgehead atoms. The zero-order valence-corrected chi connectivity index (χ0v) is 22.8. The van der Waals surface area contributed by atoms with E-state index >= 15 is 0 Å². The number of rotatable bonds is 10. The monoisotopic (exact) mass is 535 g/mol. The van der Waals surface area contributed by atoms with Crippen LogP contribution >= 0.6 is 0 Å². The molecule has 1 heterocycles. The Kier molecular flexibility index (Phi) is 8.36. The van der Waals surface area contributed by atoms with E-state index in [1.807, 2.05) is 49.1 Å². The Hall–Kier alpha value is -3.85. The first-order valence-corrected chi connectivity index (χ1v) is 14.0. The lowest BCUT2D eigenvalue weighted by atomic mass is 10.1. The van der Waals surface area contributed by atoms with Crippen LogP contribution in [-0.2, 0) is 32.7 Å². The van der Waals surface area contributed by atoms with Gasteiger partial charge < -0.3 is 15.0 Å². The third-order valence-corrected chi connectivity index (χ3v) is 8.33. The van der Waals surface area contributed by atoms with Crippen molar-refractivity contribution in [3.05, 3.63) is 89.0 Å². The highest BCUT2D eigenvalue weighted by molar-refractivity contribution is 7.92. The van der Waals surface area contributed by atoms with Gasteiger partial charge >= 0.3 is 0 Å². The Labute approximate surface area is 224 Å². The number of likely N-dealkylation sites (tertiary alicyclic amines) is 1. The molecule has 38 heavy (non-hydrogen) atoms. The molecule has 1 saturated heterocycles. The smallest absolute Gasteiger partial charge is 0.264 e. The summed E-state index contributed by atoms with van der Waals surface area (Å²) in [5, 5.41) is 2.83. The van der Waals surface area contributed by atoms with Crippen molar-refractivity contribution >= 4 is 27.5 Å². The molecule has 1 fully saturated rings. The van der Waals surface area contributed by atoms with Crippen LogP contribution in [0.1, 0.15) is 35.1 Å². The van der Waals surface area contributed by atoms with Crippen molar-refractivity contribution < 1.29 is 22.7 Å². The summed E-state index contributed by atoms with van der Waals surface area (Å²) >= 11 is 0. The number of amides is 2. The number of carbonyl (C=O) groups excluding carboxylic acids is 2. The normalized spacial score (nSPS) is 13.4. The molecule has 4 rings (SSSR count). The maximum Gasteiger partial charge on any atom is 0.264 e. The van der Waals surface area contributed by atoms with Gasteiger partial charge in [0.25, 0.3) is 10.0 Å². The molecule has 0 unspecified atom stereocenters. The van der Waals surface area contributed by atoms with Gasteiger partial charge in [-0.15, -0.1) is 0 Å². The molecule has 1 aliphatic rings. The second kappa shape index (κ2) is 11.7. The van der Waals surface area contributed by atoms with Crippen molar-refractivity contribution in [1.82, 2.24) is 10.2 Å². The molecule has 0 aliphatic carbocycles. The van der Waals surface area contributed by atoms with E-state index < -0.39 is 22.5 Å². The van der Waals surface area contributed by atoms with E-state index in [0.717, 1.165) is 39.5 Å². The first kappa shape index (κ1) is 27.2. The van der Waals surface area contributed by atoms with Crippen LogP contribution in [0.4, 0.5) is 5.69 Å². The maximum atomic E-state index is 13.7. The van der Waals surface area contributed by atoms with Crippen LogP contribution in [0.3, 0.4) is 0 Å². The van der Waals surface area contributed by atoms with E-state index in [0.29, 0.717) is 24.4 Å². The number of nitrogens with one attached hydrogen (secondary N) is 1. The Morgan fingerprint density at radius 2 is 1.63 bits per heavy atom. The molecule has 0 saturated carbocycles. The van der Waals surface area contributed by atoms with Gasteiger partial charge in [-0.25, -0.2) is 8.42 Å². The summed E-state index contributed by atoms with van der Waals surface area (Å²) in [4.78, 5) is 26.9. The predicted molar refractivity (Wildman–Crippen MR) is 146 cm³/mol. The number of hydrogen-bond donors (Lipinski definition) is 1. The zero-order valence-electron chi connectivity index (χ0n) is 21.9. The second-order valence-electron chi connectivity index (χ2n) is 9.51. The molecule has 9 heteroatoms. The topological polar surface area (TPSA) is 96.0 Å². The van der Waals surface area contributed by atoms with E-state index in [1.165, 1.54) is 19.2 Å². The van der Waals surface area contributed by atoms with Gasteiger partial charge in [0, 0.05) is 26.1 Å². The molecule has 0 radical (unpaired) electrons. The molecule has 200 valence electrons. The Morgan fingerprint density at radius 3 is 2.26 bits per heavy atom. The van der Waals surface area contributed by atoms with Gasteiger partial charge in [0.15, 0.2) is 0 Å². The van der Waals surface area contributed by atoms with E-state index in [-0.39, 0.29) is 17.3 Å². The highest BCUT2D eigenvalue weighted by Gasteiger charge is 2.29. The van der Waals surface area contributed by atoms with Gasteiger partial charge in [-0.2, -0.15) is 0 Å². The molecule has 0 aromatic heterocycles. The third-order valence-electron chi connectivity index (χ3n) is 6.56. The van der Waals surface area contributed by atoms with Gasteiger partial charge in [-0.3, -0.25) is 13.9 Å². The quantitative estimate of drug-likeness (QED) is 0.424. The molecule has 0 spiro atoms. The fourth-order valence-corrected chi connectivity index (χ4v) is 5.80. The van der Waals surface area contributed by atoms with Crippen LogP contribution < -0.4 is 14.4 Å². The Bertz CT molecular complexity index is 1400. The van der Waals surface area contributed by atoms with Gasteiger partial charge in [0.2, 0.25) is 11.8 Å². The maximum absolute atomic E-state index is 13.7. The SMILES string of the molecule is COc1ccc(C)cc1N(CC(=O)NCc1ccc(CN2CCCC2=O)cc1)S(=O)(=O)c1ccc(C)cc1. The summed E-state index contributed by atoms with van der Waals surface area (Å²) in [5.41, 5.74) is 3.96. The third kappa shape index (κ3) is 6.34. The number of ether oxygens (including phenoxy) is 1. The minimum atomic E-state index is -4.06. The summed E-state index contributed by atoms with van der Waals surface area (Å²) < 4.78 is 33.9. The van der Waals surface area contributed by atoms with Gasteiger partial charge in [-0.05, 0) is 61.2 Å². The van der Waals surface area contributed by atoms with Crippen LogP contribution in [0.15, 0.2) is 71.6 Å². The number of nitrogens with zero attached hydrogens (tertiary/aromatic N) is 2. The van der Waals surface area contributed by atoms with Gasteiger partial charge in [-0.1, -0.05) is 48.0 Å². The van der Waals surface area contributed by atoms with E-state index in [2.05, 4.69) is 5.32 Å². The Morgan fingerprint density at radius 1 is 0.974 bits per heavy atom. The highest BCUT2D eigenvalue weighted by atomic mass is 32.2. The summed E-state index contributed by atoms with van der Waals surface area (Å²) in [6.45, 7) is 4.92. The van der Waals surface area contributed by atoms with Crippen molar-refractivity contribution in [3.8, 4) is 5.75 Å². The number of benzene rings is 3. The number of aryl methyl sites for hydroxylation is 2. The van der Waals surface area contributed by atoms with Crippen molar-refractivity contribution in [2.45, 2.75) is 44.7 Å². The molecule has 3 aromatic carbocycles. The average molecular weight is 536 g/mol. The van der Waals surface area contributed by atoms with Crippen LogP contribution in [0.25, 0.3) is 0 Å². The lowest BCUT2D eigenvalue weighted by Crippen LogP contribution is -2.41. The van der Waals surface area contributed by atoms with Crippen molar-refractivity contribution in [2.75, 3.05) is 24.5 Å². The first-order chi connectivity index (χ1) is 18.2. The number of anilines is 1. The highest BCUT2D eigenvalue weighted by Crippen LogP contribution is 2.33. The summed E-state index contributed by atoms with van der Waals surface area (Å²) in [7, 11) is -2.59. The lowest BCUT2D eigenvalue weighted by molar-refractivity contribution is -0.128. The number of hydrogen-bond acceptors (Lipinski definition) is 5. The number of methoxy groups -OCH3 is 1. The van der Waals surface area contributed by atoms with E-state index in [1.54, 1.807) is 24.3 Å². The number of carbonyl (C=O) groups is 2. The first-order valence-electron chi connectivity index (χ1n) is 12.5. The number of sulfonamides is 1. The van der Waals surface area contributed by atoms with Gasteiger partial charge in [0.1, 0.15) is 12.3 Å². The van der Waals surface area contributed by atoms with Gasteiger partial charge in [0.05, 0.1) is 17.7 Å². The van der Waals surface area contributed by atoms with E-state index in [4.69, 9.17) is 4.74 Å². The fourth-order valence-electron chi connectivity index (χ4n) is 4.37. The molecule has 1 N–H and O–H groups in total. The molecule has 8 nitrogen and oxygen atoms in total. The molecule has 1 aliphatic heterocycles. The van der Waals surface area contributed by atoms with E-state index in [9.17, 15) is 18.0 Å². The predicted octanol–water partition coefficient (Wildman–Crippen LogP) is 3.95. The summed E-state index contributed by atoms with van der Waals surface area (Å²) in [6.07, 6.45) is 1.50. The zero-order chi connectivity index (χ0) is 27.3. The van der Waals surface area contributed by atoms with Crippen molar-refractivity contribution in [3.63, 3.8) is 0 Å².